The van der Waals surface area contributed by atoms with Gasteiger partial charge in [0.2, 0.25) is 0 Å². The molecule has 1 heterocycles. The molecule has 0 spiro atoms. The summed E-state index contributed by atoms with van der Waals surface area (Å²) in [5.41, 5.74) is 1.22. The van der Waals surface area contributed by atoms with E-state index in [0.29, 0.717) is 12.0 Å². The predicted octanol–water partition coefficient (Wildman–Crippen LogP) is 3.81. The molecule has 1 fully saturated rings. The topological polar surface area (TPSA) is 15.3 Å². The Labute approximate surface area is 128 Å². The normalized spacial score (nSPS) is 27.2. The Bertz CT molecular complexity index is 460. The zero-order valence-electron chi connectivity index (χ0n) is 13.8. The number of piperazine rings is 1. The average Bonchev–Trinajstić information content (AvgIpc) is 2.42. The molecule has 1 saturated heterocycles. The van der Waals surface area contributed by atoms with Crippen LogP contribution in [-0.2, 0) is 6.54 Å². The maximum atomic E-state index is 13.4. The fraction of sp³-hybridized carbons (Fsp3) is 0.667. The van der Waals surface area contributed by atoms with Crippen LogP contribution >= 0.6 is 0 Å². The predicted molar refractivity (Wildman–Crippen MR) is 86.8 cm³/mol. The van der Waals surface area contributed by atoms with Gasteiger partial charge in [-0.2, -0.15) is 0 Å². The molecule has 0 saturated carbocycles. The van der Waals surface area contributed by atoms with Crippen LogP contribution in [0.25, 0.3) is 0 Å². The fourth-order valence-electron chi connectivity index (χ4n) is 3.21. The molecule has 0 radical (unpaired) electrons. The molecule has 2 unspecified atom stereocenters. The molecule has 3 heteroatoms. The van der Waals surface area contributed by atoms with Crippen molar-refractivity contribution in [3.63, 3.8) is 0 Å². The summed E-state index contributed by atoms with van der Waals surface area (Å²) < 4.78 is 13.4. The molecule has 0 aliphatic carbocycles. The third-order valence-electron chi connectivity index (χ3n) is 4.76. The number of nitrogens with one attached hydrogen (secondary N) is 1. The van der Waals surface area contributed by atoms with E-state index in [1.165, 1.54) is 12.5 Å². The summed E-state index contributed by atoms with van der Waals surface area (Å²) in [6, 6.07) is 7.55. The molecule has 1 aromatic carbocycles. The molecule has 1 aromatic rings. The van der Waals surface area contributed by atoms with E-state index in [1.807, 2.05) is 12.1 Å². The standard InChI is InChI=1S/C18H29FN2/c1-5-18(4)13-20-17(9-14(2)3)12-21(18)11-15-7-6-8-16(19)10-15/h6-8,10,14,17,20H,5,9,11-13H2,1-4H3. The second-order valence-electron chi connectivity index (χ2n) is 7.07. The third kappa shape index (κ3) is 4.27. The highest BCUT2D eigenvalue weighted by molar-refractivity contribution is 5.17. The van der Waals surface area contributed by atoms with Crippen LogP contribution in [0, 0.1) is 11.7 Å². The maximum Gasteiger partial charge on any atom is 0.123 e. The summed E-state index contributed by atoms with van der Waals surface area (Å²) in [7, 11) is 0. The van der Waals surface area contributed by atoms with Crippen molar-refractivity contribution in [2.75, 3.05) is 13.1 Å². The van der Waals surface area contributed by atoms with Crippen LogP contribution < -0.4 is 5.32 Å². The molecule has 2 nitrogen and oxygen atoms in total. The van der Waals surface area contributed by atoms with Gasteiger partial charge < -0.3 is 5.32 Å². The summed E-state index contributed by atoms with van der Waals surface area (Å²) >= 11 is 0. The summed E-state index contributed by atoms with van der Waals surface area (Å²) in [6.07, 6.45) is 2.29. The van der Waals surface area contributed by atoms with Crippen LogP contribution in [0.2, 0.25) is 0 Å². The van der Waals surface area contributed by atoms with Crippen molar-refractivity contribution in [3.05, 3.63) is 35.6 Å². The Kier molecular flexibility index (Phi) is 5.39. The lowest BCUT2D eigenvalue weighted by molar-refractivity contribution is 0.0371. The number of hydrogen-bond donors (Lipinski definition) is 1. The molecule has 2 atom stereocenters. The minimum absolute atomic E-state index is 0.139. The fourth-order valence-corrected chi connectivity index (χ4v) is 3.21. The zero-order valence-corrected chi connectivity index (χ0v) is 13.8. The van der Waals surface area contributed by atoms with Gasteiger partial charge in [0, 0.05) is 31.2 Å². The quantitative estimate of drug-likeness (QED) is 0.887. The van der Waals surface area contributed by atoms with Crippen molar-refractivity contribution < 1.29 is 4.39 Å². The smallest absolute Gasteiger partial charge is 0.123 e. The summed E-state index contributed by atoms with van der Waals surface area (Å²) in [5.74, 6) is 0.559. The Morgan fingerprint density at radius 3 is 2.81 bits per heavy atom. The van der Waals surface area contributed by atoms with Gasteiger partial charge in [-0.05, 0) is 43.4 Å². The maximum absolute atomic E-state index is 13.4. The van der Waals surface area contributed by atoms with Crippen LogP contribution in [-0.4, -0.2) is 29.6 Å². The average molecular weight is 292 g/mol. The van der Waals surface area contributed by atoms with Gasteiger partial charge in [0.25, 0.3) is 0 Å². The Balaban J connectivity index is 2.10. The van der Waals surface area contributed by atoms with E-state index in [0.717, 1.165) is 31.6 Å². The van der Waals surface area contributed by atoms with Crippen molar-refractivity contribution in [1.29, 1.82) is 0 Å². The van der Waals surface area contributed by atoms with Crippen LogP contribution in [0.15, 0.2) is 24.3 Å². The summed E-state index contributed by atoms with van der Waals surface area (Å²) in [5, 5.41) is 3.70. The van der Waals surface area contributed by atoms with E-state index in [4.69, 9.17) is 0 Å². The van der Waals surface area contributed by atoms with E-state index in [2.05, 4.69) is 37.9 Å². The van der Waals surface area contributed by atoms with Gasteiger partial charge in [-0.25, -0.2) is 4.39 Å². The van der Waals surface area contributed by atoms with Crippen LogP contribution in [0.1, 0.15) is 46.1 Å². The van der Waals surface area contributed by atoms with E-state index in [9.17, 15) is 4.39 Å². The van der Waals surface area contributed by atoms with Crippen LogP contribution in [0.4, 0.5) is 4.39 Å². The molecule has 1 aliphatic heterocycles. The lowest BCUT2D eigenvalue weighted by Crippen LogP contribution is -2.62. The highest BCUT2D eigenvalue weighted by Crippen LogP contribution is 2.26. The number of halogens is 1. The number of rotatable bonds is 5. The van der Waals surface area contributed by atoms with Gasteiger partial charge in [-0.15, -0.1) is 0 Å². The first-order valence-electron chi connectivity index (χ1n) is 8.16. The third-order valence-corrected chi connectivity index (χ3v) is 4.76. The van der Waals surface area contributed by atoms with E-state index >= 15 is 0 Å². The molecular weight excluding hydrogens is 263 g/mol. The Hall–Kier alpha value is -0.930. The number of hydrogen-bond acceptors (Lipinski definition) is 2. The van der Waals surface area contributed by atoms with Crippen molar-refractivity contribution in [2.24, 2.45) is 5.92 Å². The first-order valence-corrected chi connectivity index (χ1v) is 8.16. The molecule has 0 aromatic heterocycles. The van der Waals surface area contributed by atoms with E-state index in [1.54, 1.807) is 6.07 Å². The van der Waals surface area contributed by atoms with E-state index in [-0.39, 0.29) is 11.4 Å². The van der Waals surface area contributed by atoms with Gasteiger partial charge >= 0.3 is 0 Å². The SMILES string of the molecule is CCC1(C)CNC(CC(C)C)CN1Cc1cccc(F)c1. The number of benzene rings is 1. The minimum Gasteiger partial charge on any atom is -0.311 e. The first kappa shape index (κ1) is 16.4. The van der Waals surface area contributed by atoms with Crippen LogP contribution in [0.3, 0.4) is 0 Å². The van der Waals surface area contributed by atoms with Crippen LogP contribution in [0.5, 0.6) is 0 Å². The lowest BCUT2D eigenvalue weighted by atomic mass is 9.89. The highest BCUT2D eigenvalue weighted by Gasteiger charge is 2.36. The summed E-state index contributed by atoms with van der Waals surface area (Å²) in [4.78, 5) is 2.53. The van der Waals surface area contributed by atoms with Gasteiger partial charge in [0.1, 0.15) is 5.82 Å². The van der Waals surface area contributed by atoms with Crippen molar-refractivity contribution in [2.45, 2.75) is 58.7 Å². The molecular formula is C18H29FN2. The van der Waals surface area contributed by atoms with Gasteiger partial charge in [-0.3, -0.25) is 4.90 Å². The van der Waals surface area contributed by atoms with Crippen molar-refractivity contribution >= 4 is 0 Å². The first-order chi connectivity index (χ1) is 9.93. The zero-order chi connectivity index (χ0) is 15.5. The Morgan fingerprint density at radius 1 is 1.43 bits per heavy atom. The van der Waals surface area contributed by atoms with Crippen molar-refractivity contribution in [3.8, 4) is 0 Å². The van der Waals surface area contributed by atoms with Crippen molar-refractivity contribution in [1.82, 2.24) is 10.2 Å². The lowest BCUT2D eigenvalue weighted by Gasteiger charge is -2.48. The molecule has 1 N–H and O–H groups in total. The molecule has 2 rings (SSSR count). The van der Waals surface area contributed by atoms with Gasteiger partial charge in [-0.1, -0.05) is 32.9 Å². The molecule has 1 aliphatic rings. The largest absolute Gasteiger partial charge is 0.311 e. The minimum atomic E-state index is -0.139. The summed E-state index contributed by atoms with van der Waals surface area (Å²) in [6.45, 7) is 12.0. The molecule has 21 heavy (non-hydrogen) atoms. The second-order valence-corrected chi connectivity index (χ2v) is 7.07. The van der Waals surface area contributed by atoms with Gasteiger partial charge in [0.05, 0.1) is 0 Å². The Morgan fingerprint density at radius 2 is 2.19 bits per heavy atom. The molecule has 0 amide bonds. The van der Waals surface area contributed by atoms with E-state index < -0.39 is 0 Å². The second kappa shape index (κ2) is 6.89. The highest BCUT2D eigenvalue weighted by atomic mass is 19.1. The number of nitrogens with zero attached hydrogens (tertiary/aromatic N) is 1. The monoisotopic (exact) mass is 292 g/mol. The molecule has 0 bridgehead atoms. The van der Waals surface area contributed by atoms with Gasteiger partial charge in [0.15, 0.2) is 0 Å². The molecule has 118 valence electrons.